The molecule has 6 aromatic rings. The average Bonchev–Trinajstić information content (AvgIpc) is 3.17. The van der Waals surface area contributed by atoms with E-state index in [9.17, 15) is 41.3 Å². The van der Waals surface area contributed by atoms with Gasteiger partial charge < -0.3 is 20.6 Å². The van der Waals surface area contributed by atoms with Gasteiger partial charge in [0.2, 0.25) is 0 Å². The first kappa shape index (κ1) is 42.1. The van der Waals surface area contributed by atoms with E-state index in [4.69, 9.17) is 9.59 Å². The van der Waals surface area contributed by atoms with E-state index in [1.54, 1.807) is 48.5 Å². The van der Waals surface area contributed by atoms with E-state index < -0.39 is 41.5 Å². The number of fused-ring (bicyclic) bond motifs is 2. The number of rotatable bonds is 15. The van der Waals surface area contributed by atoms with Crippen LogP contribution in [-0.4, -0.2) is 53.6 Å². The molecule has 0 spiro atoms. The third-order valence-corrected chi connectivity index (χ3v) is 11.0. The molecule has 6 rings (SSSR count). The van der Waals surface area contributed by atoms with Gasteiger partial charge in [0.1, 0.15) is 39.1 Å². The van der Waals surface area contributed by atoms with E-state index >= 15 is 0 Å². The number of hydrogen-bond donors (Lipinski definition) is 8. The fourth-order valence-corrected chi connectivity index (χ4v) is 7.60. The number of phenolic OH excluding ortho intramolecular Hbond substituents is 3. The molecule has 58 heavy (non-hydrogen) atoms. The van der Waals surface area contributed by atoms with Gasteiger partial charge >= 0.3 is 0 Å². The quantitative estimate of drug-likeness (QED) is 0.0119. The Hall–Kier alpha value is -5.48. The van der Waals surface area contributed by atoms with Crippen LogP contribution in [0, 0.1) is 6.92 Å². The zero-order chi connectivity index (χ0) is 41.8. The second kappa shape index (κ2) is 17.6. The number of azo groups is 2. The lowest BCUT2D eigenvalue weighted by Gasteiger charge is -2.14. The molecule has 0 aromatic heterocycles. The minimum absolute atomic E-state index is 0.0200. The summed E-state index contributed by atoms with van der Waals surface area (Å²) in [6, 6.07) is 19.6. The molecule has 20 nitrogen and oxygen atoms in total. The van der Waals surface area contributed by atoms with Crippen LogP contribution in [0.1, 0.15) is 5.56 Å². The molecular weight excluding hydrogens is 845 g/mol. The number of phenols is 3. The summed E-state index contributed by atoms with van der Waals surface area (Å²) in [5, 5.41) is 65.2. The number of hydroxylamine groups is 1. The predicted octanol–water partition coefficient (Wildman–Crippen LogP) is 9.00. The highest BCUT2D eigenvalue weighted by Crippen LogP contribution is 2.46. The molecule has 0 amide bonds. The standard InChI is InChI=1S/C34H28N6O14S4/c1-17-24-7-3-20(12-19(24)14-31(58(48,49)50)32(17)39-38-27-16-23(57(45,46)47)6-10-29(27)42)36-21-4-8-25-18(11-21)13-30(56-54-52-44)33(34(25)43)40-37-26-15-22(5-9-28(26)41)55-53-51-35-2/h3-16,35-36,41-44H,1-2H3,(H,45,46,47)(H,48,49,50). The summed E-state index contributed by atoms with van der Waals surface area (Å²) in [7, 11) is -8.08. The van der Waals surface area contributed by atoms with Gasteiger partial charge in [-0.25, -0.2) is 5.26 Å². The Morgan fingerprint density at radius 3 is 1.91 bits per heavy atom. The first-order chi connectivity index (χ1) is 27.6. The van der Waals surface area contributed by atoms with Gasteiger partial charge in [-0.2, -0.15) is 22.3 Å². The van der Waals surface area contributed by atoms with Crippen LogP contribution in [0.5, 0.6) is 17.2 Å². The number of nitrogens with zero attached hydrogens (tertiary/aromatic N) is 4. The van der Waals surface area contributed by atoms with E-state index in [-0.39, 0.29) is 39.0 Å². The van der Waals surface area contributed by atoms with Crippen LogP contribution in [0.2, 0.25) is 0 Å². The van der Waals surface area contributed by atoms with E-state index in [0.717, 1.165) is 36.3 Å². The van der Waals surface area contributed by atoms with E-state index in [2.05, 4.69) is 45.6 Å². The normalized spacial score (nSPS) is 12.4. The maximum absolute atomic E-state index is 12.5. The number of nitrogens with one attached hydrogen (secondary N) is 2. The summed E-state index contributed by atoms with van der Waals surface area (Å²) in [4.78, 5) is 4.03. The lowest BCUT2D eigenvalue weighted by molar-refractivity contribution is -0.432. The SMILES string of the molecule is CNOOSc1ccc(O)c(N=Nc2c(SOOO)cc3cc(Nc4ccc5c(C)c(N=Nc6cc(S(=O)(=O)O)ccc6O)c(S(=O)(=O)O)cc5c4)ccc3c2O)c1. The molecule has 0 aliphatic carbocycles. The molecule has 0 saturated carbocycles. The van der Waals surface area contributed by atoms with Crippen molar-refractivity contribution in [1.29, 1.82) is 0 Å². The summed E-state index contributed by atoms with van der Waals surface area (Å²) in [6.07, 6.45) is 0. The molecule has 0 atom stereocenters. The Kier molecular flexibility index (Phi) is 12.8. The van der Waals surface area contributed by atoms with Crippen molar-refractivity contribution in [3.05, 3.63) is 90.5 Å². The Balaban J connectivity index is 1.33. The van der Waals surface area contributed by atoms with Crippen molar-refractivity contribution < 1.29 is 65.2 Å². The molecule has 24 heteroatoms. The van der Waals surface area contributed by atoms with E-state index in [0.29, 0.717) is 49.9 Å². The van der Waals surface area contributed by atoms with Crippen LogP contribution in [0.25, 0.3) is 21.5 Å². The number of aryl methyl sites for hydroxylation is 1. The molecule has 0 unspecified atom stereocenters. The second-order valence-electron chi connectivity index (χ2n) is 11.7. The van der Waals surface area contributed by atoms with Crippen LogP contribution in [-0.2, 0) is 38.9 Å². The van der Waals surface area contributed by atoms with Crippen molar-refractivity contribution in [2.45, 2.75) is 26.5 Å². The van der Waals surface area contributed by atoms with Crippen LogP contribution < -0.4 is 10.8 Å². The Morgan fingerprint density at radius 1 is 0.655 bits per heavy atom. The highest BCUT2D eigenvalue weighted by Gasteiger charge is 2.22. The zero-order valence-electron chi connectivity index (χ0n) is 29.5. The number of anilines is 2. The van der Waals surface area contributed by atoms with Crippen molar-refractivity contribution >= 4 is 100.0 Å². The first-order valence-corrected chi connectivity index (χ1v) is 20.3. The highest BCUT2D eigenvalue weighted by molar-refractivity contribution is 7.95. The largest absolute Gasteiger partial charge is 0.506 e. The van der Waals surface area contributed by atoms with Crippen LogP contribution in [0.4, 0.5) is 34.1 Å². The van der Waals surface area contributed by atoms with Gasteiger partial charge in [0.25, 0.3) is 20.2 Å². The fourth-order valence-electron chi connectivity index (χ4n) is 5.43. The number of aromatic hydroxyl groups is 3. The Labute approximate surface area is 336 Å². The molecule has 0 aliphatic heterocycles. The monoisotopic (exact) mass is 872 g/mol. The Morgan fingerprint density at radius 2 is 1.28 bits per heavy atom. The summed E-state index contributed by atoms with van der Waals surface area (Å²) < 4.78 is 77.2. The smallest absolute Gasteiger partial charge is 0.296 e. The molecule has 0 aliphatic rings. The summed E-state index contributed by atoms with van der Waals surface area (Å²) in [6.45, 7) is 1.52. The van der Waals surface area contributed by atoms with Crippen LogP contribution in [0.15, 0.2) is 125 Å². The maximum atomic E-state index is 12.5. The van der Waals surface area contributed by atoms with Gasteiger partial charge in [-0.3, -0.25) is 9.11 Å². The second-order valence-corrected chi connectivity index (χ2v) is 16.1. The molecule has 302 valence electrons. The third-order valence-electron chi connectivity index (χ3n) is 8.06. The van der Waals surface area contributed by atoms with Gasteiger partial charge in [-0.05, 0) is 108 Å². The molecule has 0 fully saturated rings. The van der Waals surface area contributed by atoms with Gasteiger partial charge in [0.05, 0.1) is 33.9 Å². The van der Waals surface area contributed by atoms with Gasteiger partial charge in [0, 0.05) is 28.7 Å². The molecule has 0 radical (unpaired) electrons. The van der Waals surface area contributed by atoms with Crippen molar-refractivity contribution in [3.8, 4) is 17.2 Å². The van der Waals surface area contributed by atoms with E-state index in [1.165, 1.54) is 26.1 Å². The van der Waals surface area contributed by atoms with Gasteiger partial charge in [-0.15, -0.1) is 34.1 Å². The fraction of sp³-hybridized carbons (Fsp3) is 0.0588. The molecule has 0 heterocycles. The molecular formula is C34H28N6O14S4. The third kappa shape index (κ3) is 9.61. The number of hydrogen-bond acceptors (Lipinski definition) is 20. The molecule has 0 saturated heterocycles. The van der Waals surface area contributed by atoms with Crippen LogP contribution >= 0.6 is 24.1 Å². The van der Waals surface area contributed by atoms with Crippen molar-refractivity contribution in [1.82, 2.24) is 5.48 Å². The minimum atomic E-state index is -4.91. The maximum Gasteiger partial charge on any atom is 0.296 e. The predicted molar refractivity (Wildman–Crippen MR) is 210 cm³/mol. The zero-order valence-corrected chi connectivity index (χ0v) is 32.7. The lowest BCUT2D eigenvalue weighted by Crippen LogP contribution is -2.03. The average molecular weight is 873 g/mol. The molecule has 0 bridgehead atoms. The van der Waals surface area contributed by atoms with Crippen molar-refractivity contribution in [2.24, 2.45) is 20.5 Å². The van der Waals surface area contributed by atoms with E-state index in [1.807, 2.05) is 0 Å². The molecule has 6 aromatic carbocycles. The number of benzene rings is 6. The lowest BCUT2D eigenvalue weighted by atomic mass is 10.0. The van der Waals surface area contributed by atoms with Crippen molar-refractivity contribution in [3.63, 3.8) is 0 Å². The van der Waals surface area contributed by atoms with Crippen molar-refractivity contribution in [2.75, 3.05) is 12.4 Å². The van der Waals surface area contributed by atoms with Crippen LogP contribution in [0.3, 0.4) is 0 Å². The summed E-state index contributed by atoms with van der Waals surface area (Å²) >= 11 is 1.33. The minimum Gasteiger partial charge on any atom is -0.506 e. The first-order valence-electron chi connectivity index (χ1n) is 16.0. The summed E-state index contributed by atoms with van der Waals surface area (Å²) in [5.41, 5.74) is 2.80. The highest BCUT2D eigenvalue weighted by atomic mass is 32.2. The van der Waals surface area contributed by atoms with Gasteiger partial charge in [0.15, 0.2) is 5.75 Å². The van der Waals surface area contributed by atoms with Gasteiger partial charge in [-0.1, -0.05) is 11.1 Å². The summed E-state index contributed by atoms with van der Waals surface area (Å²) in [5.74, 6) is -1.08. The molecule has 8 N–H and O–H groups in total. The Bertz CT molecular complexity index is 2840. The topological polar surface area (TPSA) is 300 Å².